The maximum absolute atomic E-state index is 2.76. The molecule has 0 N–H and O–H groups in total. The van der Waals surface area contributed by atoms with E-state index in [1.807, 2.05) is 0 Å². The molecule has 1 atom stereocenters. The van der Waals surface area contributed by atoms with E-state index in [2.05, 4.69) is 66.4 Å². The molecule has 0 fully saturated rings. The SMILES string of the molecule is Cc1cccc(P)c(C)cc(C)cc1. The predicted octanol–water partition coefficient (Wildman–Crippen LogP) is 3.24. The highest BCUT2D eigenvalue weighted by molar-refractivity contribution is 7.27. The first-order valence-corrected chi connectivity index (χ1v) is 5.35. The van der Waals surface area contributed by atoms with Crippen molar-refractivity contribution in [3.8, 4) is 0 Å². The molecule has 0 aliphatic rings. The molecule has 0 aliphatic carbocycles. The highest BCUT2D eigenvalue weighted by Gasteiger charge is 1.86. The molecule has 1 unspecified atom stereocenters. The van der Waals surface area contributed by atoms with Gasteiger partial charge in [-0.3, -0.25) is 0 Å². The number of rotatable bonds is 0. The van der Waals surface area contributed by atoms with Gasteiger partial charge in [0.15, 0.2) is 0 Å². The van der Waals surface area contributed by atoms with Crippen molar-refractivity contribution in [1.82, 2.24) is 0 Å². The van der Waals surface area contributed by atoms with Gasteiger partial charge in [0.25, 0.3) is 0 Å². The fraction of sp³-hybridized carbons (Fsp3) is 0.231. The summed E-state index contributed by atoms with van der Waals surface area (Å²) in [5.74, 6) is 0. The van der Waals surface area contributed by atoms with Gasteiger partial charge in [0.05, 0.1) is 0 Å². The lowest BCUT2D eigenvalue weighted by Crippen LogP contribution is -1.91. The topological polar surface area (TPSA) is 0 Å². The van der Waals surface area contributed by atoms with Gasteiger partial charge in [-0.1, -0.05) is 47.5 Å². The minimum Gasteiger partial charge on any atom is -0.105 e. The molecule has 0 aromatic heterocycles. The van der Waals surface area contributed by atoms with E-state index in [9.17, 15) is 0 Å². The summed E-state index contributed by atoms with van der Waals surface area (Å²) >= 11 is 0. The highest BCUT2D eigenvalue weighted by atomic mass is 31.0. The van der Waals surface area contributed by atoms with Crippen LogP contribution < -0.4 is 5.30 Å². The van der Waals surface area contributed by atoms with Gasteiger partial charge in [-0.15, -0.1) is 9.24 Å². The zero-order valence-electron chi connectivity index (χ0n) is 9.04. The Balaban J connectivity index is 3.44. The Bertz CT molecular complexity index is 379. The Hall–Kier alpha value is -0.870. The van der Waals surface area contributed by atoms with Crippen molar-refractivity contribution in [2.24, 2.45) is 0 Å². The van der Waals surface area contributed by atoms with Gasteiger partial charge in [0, 0.05) is 0 Å². The molecule has 0 bridgehead atoms. The third kappa shape index (κ3) is 3.47. The van der Waals surface area contributed by atoms with Crippen LogP contribution in [0.3, 0.4) is 0 Å². The van der Waals surface area contributed by atoms with E-state index in [1.165, 1.54) is 22.0 Å². The van der Waals surface area contributed by atoms with Crippen LogP contribution in [0.1, 0.15) is 16.7 Å². The summed E-state index contributed by atoms with van der Waals surface area (Å²) in [4.78, 5) is 0. The lowest BCUT2D eigenvalue weighted by Gasteiger charge is -1.95. The normalized spacial score (nSPS) is 9.43. The molecule has 1 aromatic carbocycles. The van der Waals surface area contributed by atoms with Gasteiger partial charge in [-0.25, -0.2) is 0 Å². The predicted molar refractivity (Wildman–Crippen MR) is 67.6 cm³/mol. The molecular weight excluding hydrogens is 187 g/mol. The van der Waals surface area contributed by atoms with Crippen LogP contribution in [0.5, 0.6) is 0 Å². The molecule has 1 heteroatoms. The van der Waals surface area contributed by atoms with Gasteiger partial charge in [0.2, 0.25) is 0 Å². The summed E-state index contributed by atoms with van der Waals surface area (Å²) in [6.45, 7) is 6.35. The van der Waals surface area contributed by atoms with Gasteiger partial charge >= 0.3 is 0 Å². The molecule has 14 heavy (non-hydrogen) atoms. The zero-order valence-corrected chi connectivity index (χ0v) is 10.2. The number of aryl methyl sites for hydroxylation is 3. The molecule has 0 radical (unpaired) electrons. The maximum Gasteiger partial charge on any atom is -0.0273 e. The number of hydrogen-bond donors (Lipinski definition) is 0. The first-order chi connectivity index (χ1) is 6.59. The summed E-state index contributed by atoms with van der Waals surface area (Å²) in [5.41, 5.74) is 3.85. The van der Waals surface area contributed by atoms with E-state index in [-0.39, 0.29) is 0 Å². The second-order valence-electron chi connectivity index (χ2n) is 3.63. The van der Waals surface area contributed by atoms with Crippen molar-refractivity contribution in [2.45, 2.75) is 20.8 Å². The molecule has 0 aliphatic heterocycles. The molecule has 0 saturated carbocycles. The molecule has 0 amide bonds. The van der Waals surface area contributed by atoms with Gasteiger partial charge < -0.3 is 0 Å². The van der Waals surface area contributed by atoms with E-state index >= 15 is 0 Å². The molecule has 74 valence electrons. The van der Waals surface area contributed by atoms with Crippen LogP contribution in [0.25, 0.3) is 0 Å². The molecule has 0 saturated heterocycles. The average molecular weight is 204 g/mol. The second-order valence-corrected chi connectivity index (χ2v) is 4.25. The summed E-state index contributed by atoms with van der Waals surface area (Å²) in [5, 5.41) is 1.24. The molecular formula is C13H17P. The van der Waals surface area contributed by atoms with Crippen molar-refractivity contribution >= 4 is 14.5 Å². The first kappa shape index (κ1) is 11.2. The highest BCUT2D eigenvalue weighted by Crippen LogP contribution is 2.01. The molecule has 0 nitrogen and oxygen atoms in total. The van der Waals surface area contributed by atoms with Crippen molar-refractivity contribution in [3.63, 3.8) is 0 Å². The lowest BCUT2D eigenvalue weighted by atomic mass is 10.2. The van der Waals surface area contributed by atoms with Crippen LogP contribution in [-0.4, -0.2) is 0 Å². The zero-order chi connectivity index (χ0) is 10.6. The van der Waals surface area contributed by atoms with Crippen LogP contribution in [0.2, 0.25) is 0 Å². The van der Waals surface area contributed by atoms with Crippen LogP contribution in [-0.2, 0) is 0 Å². The monoisotopic (exact) mass is 204 g/mol. The smallest absolute Gasteiger partial charge is 0.0273 e. The van der Waals surface area contributed by atoms with E-state index in [0.29, 0.717) is 0 Å². The Morgan fingerprint density at radius 2 is 1.50 bits per heavy atom. The van der Waals surface area contributed by atoms with Gasteiger partial charge in [-0.2, -0.15) is 0 Å². The summed E-state index contributed by atoms with van der Waals surface area (Å²) < 4.78 is 0. The Morgan fingerprint density at radius 3 is 2.21 bits per heavy atom. The van der Waals surface area contributed by atoms with Crippen molar-refractivity contribution < 1.29 is 0 Å². The molecule has 0 heterocycles. The Labute approximate surface area is 88.9 Å². The van der Waals surface area contributed by atoms with E-state index in [1.54, 1.807) is 0 Å². The fourth-order valence-electron chi connectivity index (χ4n) is 1.23. The van der Waals surface area contributed by atoms with Crippen molar-refractivity contribution in [2.75, 3.05) is 0 Å². The third-order valence-corrected chi connectivity index (χ3v) is 2.79. The van der Waals surface area contributed by atoms with Crippen LogP contribution >= 0.6 is 9.24 Å². The minimum atomic E-state index is 1.24. The second kappa shape index (κ2) is 5.12. The summed E-state index contributed by atoms with van der Waals surface area (Å²) in [6.07, 6.45) is 0. The summed E-state index contributed by atoms with van der Waals surface area (Å²) in [6, 6.07) is 12.8. The van der Waals surface area contributed by atoms with Crippen molar-refractivity contribution in [3.05, 3.63) is 53.1 Å². The average Bonchev–Trinajstić information content (AvgIpc) is 2.13. The Kier molecular flexibility index (Phi) is 4.10. The third-order valence-electron chi connectivity index (χ3n) is 2.14. The summed E-state index contributed by atoms with van der Waals surface area (Å²) in [7, 11) is 2.76. The molecule has 0 spiro atoms. The largest absolute Gasteiger partial charge is 0.105 e. The van der Waals surface area contributed by atoms with E-state index < -0.39 is 0 Å². The lowest BCUT2D eigenvalue weighted by molar-refractivity contribution is 1.41. The number of hydrogen-bond acceptors (Lipinski definition) is 0. The Morgan fingerprint density at radius 1 is 0.857 bits per heavy atom. The van der Waals surface area contributed by atoms with Crippen LogP contribution in [0.15, 0.2) is 36.4 Å². The minimum absolute atomic E-state index is 1.24. The van der Waals surface area contributed by atoms with Gasteiger partial charge in [0.1, 0.15) is 0 Å². The molecule has 1 rings (SSSR count). The maximum atomic E-state index is 2.76. The van der Waals surface area contributed by atoms with Crippen molar-refractivity contribution in [1.29, 1.82) is 0 Å². The quantitative estimate of drug-likeness (QED) is 0.569. The molecule has 1 aromatic rings. The van der Waals surface area contributed by atoms with E-state index in [4.69, 9.17) is 0 Å². The fourth-order valence-corrected chi connectivity index (χ4v) is 1.42. The van der Waals surface area contributed by atoms with Crippen LogP contribution in [0.4, 0.5) is 0 Å². The van der Waals surface area contributed by atoms with Gasteiger partial charge in [-0.05, 0) is 31.6 Å². The standard InChI is InChI=1S/C13H17P/c1-10-5-4-6-13(14)12(3)9-11(2)8-7-10/h4-9H,14H2,1-3H3. The van der Waals surface area contributed by atoms with Crippen LogP contribution in [0, 0.1) is 20.8 Å². The van der Waals surface area contributed by atoms with E-state index in [0.717, 1.165) is 0 Å². The first-order valence-electron chi connectivity index (χ1n) is 4.77.